The summed E-state index contributed by atoms with van der Waals surface area (Å²) in [6.07, 6.45) is 0. The van der Waals surface area contributed by atoms with Gasteiger partial charge in [0.05, 0.1) is 0 Å². The van der Waals surface area contributed by atoms with E-state index in [0.717, 1.165) is 0 Å². The van der Waals surface area contributed by atoms with Gasteiger partial charge in [0.2, 0.25) is 0 Å². The van der Waals surface area contributed by atoms with E-state index in [2.05, 4.69) is 184 Å². The van der Waals surface area contributed by atoms with Gasteiger partial charge >= 0.3 is 0 Å². The van der Waals surface area contributed by atoms with Crippen LogP contribution in [0, 0.1) is 0 Å². The van der Waals surface area contributed by atoms with Crippen molar-refractivity contribution in [3.05, 3.63) is 181 Å². The Kier molecular flexibility index (Phi) is 6.02. The Hall–Kier alpha value is -5.98. The second kappa shape index (κ2) is 10.5. The second-order valence-electron chi connectivity index (χ2n) is 14.1. The third kappa shape index (κ3) is 4.17. The lowest BCUT2D eigenvalue weighted by Gasteiger charge is -2.22. The van der Waals surface area contributed by atoms with Crippen molar-refractivity contribution in [2.24, 2.45) is 0 Å². The van der Waals surface area contributed by atoms with Crippen LogP contribution in [0.4, 0.5) is 0 Å². The molecule has 0 heteroatoms. The molecule has 1 aliphatic carbocycles. The summed E-state index contributed by atoms with van der Waals surface area (Å²) in [5.74, 6) is 0. The molecule has 0 amide bonds. The highest BCUT2D eigenvalue weighted by molar-refractivity contribution is 6.24. The van der Waals surface area contributed by atoms with Crippen molar-refractivity contribution >= 4 is 43.1 Å². The van der Waals surface area contributed by atoms with E-state index in [1.807, 2.05) is 0 Å². The molecule has 0 saturated heterocycles. The van der Waals surface area contributed by atoms with Crippen LogP contribution in [0.1, 0.15) is 25.0 Å². The summed E-state index contributed by atoms with van der Waals surface area (Å²) in [6.45, 7) is 4.73. The molecule has 10 rings (SSSR count). The highest BCUT2D eigenvalue weighted by Crippen LogP contribution is 2.51. The van der Waals surface area contributed by atoms with Crippen LogP contribution in [0.25, 0.3) is 87.6 Å². The number of hydrogen-bond acceptors (Lipinski definition) is 0. The zero-order valence-corrected chi connectivity index (χ0v) is 27.7. The summed E-state index contributed by atoms with van der Waals surface area (Å²) in [5, 5.41) is 10.2. The predicted molar refractivity (Wildman–Crippen MR) is 210 cm³/mol. The predicted octanol–water partition coefficient (Wildman–Crippen LogP) is 13.6. The molecule has 9 aromatic rings. The molecule has 0 bridgehead atoms. The molecule has 0 saturated carbocycles. The lowest BCUT2D eigenvalue weighted by Crippen LogP contribution is -2.14. The molecule has 0 aliphatic heterocycles. The number of fused-ring (bicyclic) bond motifs is 7. The van der Waals surface area contributed by atoms with Gasteiger partial charge in [-0.25, -0.2) is 0 Å². The molecular formula is C49H34. The molecule has 0 heterocycles. The van der Waals surface area contributed by atoms with Crippen molar-refractivity contribution in [3.63, 3.8) is 0 Å². The maximum absolute atomic E-state index is 2.45. The van der Waals surface area contributed by atoms with Gasteiger partial charge in [0.25, 0.3) is 0 Å². The van der Waals surface area contributed by atoms with Gasteiger partial charge in [0, 0.05) is 5.41 Å². The standard InChI is InChI=1S/C49H34/c1-49(2)45-22-12-11-17-38(45)39-26-25-33(30-46(39)49)36-28-34-15-5-6-16-37(34)44(29-36)48-42-20-9-7-18-40(42)47(41-19-8-10-21-43(41)48)35-24-23-31-13-3-4-14-32(31)27-35/h3-30H,1-2H3. The van der Waals surface area contributed by atoms with Crippen LogP contribution >= 0.6 is 0 Å². The van der Waals surface area contributed by atoms with Gasteiger partial charge in [-0.3, -0.25) is 0 Å². The molecule has 0 radical (unpaired) electrons. The SMILES string of the molecule is CC1(C)c2ccccc2-c2ccc(-c3cc(-c4c5ccccc5c(-c5ccc6ccccc6c5)c5ccccc45)c4ccccc4c3)cc21. The second-order valence-corrected chi connectivity index (χ2v) is 14.1. The minimum atomic E-state index is -0.0490. The fraction of sp³-hybridized carbons (Fsp3) is 0.0612. The Morgan fingerprint density at radius 2 is 0.837 bits per heavy atom. The van der Waals surface area contributed by atoms with E-state index in [4.69, 9.17) is 0 Å². The van der Waals surface area contributed by atoms with Crippen LogP contribution in [0.3, 0.4) is 0 Å². The van der Waals surface area contributed by atoms with Gasteiger partial charge in [-0.1, -0.05) is 159 Å². The molecule has 0 spiro atoms. The smallest absolute Gasteiger partial charge is 0.0159 e. The largest absolute Gasteiger partial charge is 0.0619 e. The molecule has 9 aromatic carbocycles. The Morgan fingerprint density at radius 1 is 0.306 bits per heavy atom. The first-order chi connectivity index (χ1) is 24.1. The van der Waals surface area contributed by atoms with E-state index in [1.165, 1.54) is 98.7 Å². The van der Waals surface area contributed by atoms with Crippen LogP contribution in [-0.4, -0.2) is 0 Å². The summed E-state index contributed by atoms with van der Waals surface area (Å²) < 4.78 is 0. The van der Waals surface area contributed by atoms with Crippen molar-refractivity contribution < 1.29 is 0 Å². The number of rotatable bonds is 3. The molecule has 230 valence electrons. The van der Waals surface area contributed by atoms with Crippen LogP contribution in [0.5, 0.6) is 0 Å². The van der Waals surface area contributed by atoms with Crippen LogP contribution in [-0.2, 0) is 5.41 Å². The van der Waals surface area contributed by atoms with Crippen LogP contribution in [0.15, 0.2) is 170 Å². The highest BCUT2D eigenvalue weighted by Gasteiger charge is 2.35. The molecule has 0 atom stereocenters. The molecule has 0 nitrogen and oxygen atoms in total. The molecule has 0 aromatic heterocycles. The zero-order chi connectivity index (χ0) is 32.7. The quantitative estimate of drug-likeness (QED) is 0.172. The monoisotopic (exact) mass is 622 g/mol. The number of hydrogen-bond donors (Lipinski definition) is 0. The lowest BCUT2D eigenvalue weighted by molar-refractivity contribution is 0.660. The Bertz CT molecular complexity index is 2740. The van der Waals surface area contributed by atoms with Crippen LogP contribution < -0.4 is 0 Å². The minimum absolute atomic E-state index is 0.0490. The molecule has 1 aliphatic rings. The summed E-state index contributed by atoms with van der Waals surface area (Å²) in [5.41, 5.74) is 13.1. The fourth-order valence-electron chi connectivity index (χ4n) is 8.64. The van der Waals surface area contributed by atoms with E-state index in [9.17, 15) is 0 Å². The van der Waals surface area contributed by atoms with Gasteiger partial charge in [-0.15, -0.1) is 0 Å². The highest BCUT2D eigenvalue weighted by atomic mass is 14.4. The summed E-state index contributed by atoms with van der Waals surface area (Å²) >= 11 is 0. The molecule has 0 fully saturated rings. The third-order valence-electron chi connectivity index (χ3n) is 11.0. The maximum atomic E-state index is 2.45. The molecule has 49 heavy (non-hydrogen) atoms. The van der Waals surface area contributed by atoms with E-state index in [1.54, 1.807) is 0 Å². The number of benzene rings is 9. The van der Waals surface area contributed by atoms with Gasteiger partial charge < -0.3 is 0 Å². The average molecular weight is 623 g/mol. The van der Waals surface area contributed by atoms with Gasteiger partial charge in [-0.2, -0.15) is 0 Å². The first kappa shape index (κ1) is 28.1. The van der Waals surface area contributed by atoms with Crippen molar-refractivity contribution in [2.75, 3.05) is 0 Å². The van der Waals surface area contributed by atoms with E-state index in [-0.39, 0.29) is 5.41 Å². The average Bonchev–Trinajstić information content (AvgIpc) is 3.38. The lowest BCUT2D eigenvalue weighted by atomic mass is 9.81. The zero-order valence-electron chi connectivity index (χ0n) is 27.7. The Morgan fingerprint density at radius 3 is 1.57 bits per heavy atom. The van der Waals surface area contributed by atoms with E-state index < -0.39 is 0 Å². The van der Waals surface area contributed by atoms with E-state index in [0.29, 0.717) is 0 Å². The summed E-state index contributed by atoms with van der Waals surface area (Å²) in [7, 11) is 0. The minimum Gasteiger partial charge on any atom is -0.0619 e. The normalized spacial score (nSPS) is 13.3. The summed E-state index contributed by atoms with van der Waals surface area (Å²) in [4.78, 5) is 0. The fourth-order valence-corrected chi connectivity index (χ4v) is 8.64. The maximum Gasteiger partial charge on any atom is 0.0159 e. The van der Waals surface area contributed by atoms with Gasteiger partial charge in [0.15, 0.2) is 0 Å². The molecule has 0 N–H and O–H groups in total. The Balaban J connectivity index is 1.25. The molecule has 0 unspecified atom stereocenters. The Labute approximate surface area is 286 Å². The van der Waals surface area contributed by atoms with Crippen molar-refractivity contribution in [3.8, 4) is 44.5 Å². The van der Waals surface area contributed by atoms with Gasteiger partial charge in [0.1, 0.15) is 0 Å². The first-order valence-corrected chi connectivity index (χ1v) is 17.3. The molecular weight excluding hydrogens is 589 g/mol. The van der Waals surface area contributed by atoms with Crippen molar-refractivity contribution in [1.29, 1.82) is 0 Å². The van der Waals surface area contributed by atoms with Crippen LogP contribution in [0.2, 0.25) is 0 Å². The first-order valence-electron chi connectivity index (χ1n) is 17.3. The van der Waals surface area contributed by atoms with Crippen molar-refractivity contribution in [2.45, 2.75) is 19.3 Å². The van der Waals surface area contributed by atoms with E-state index >= 15 is 0 Å². The van der Waals surface area contributed by atoms with Gasteiger partial charge in [-0.05, 0) is 123 Å². The summed E-state index contributed by atoms with van der Waals surface area (Å²) in [6, 6.07) is 63.3. The third-order valence-corrected chi connectivity index (χ3v) is 11.0. The van der Waals surface area contributed by atoms with Crippen molar-refractivity contribution in [1.82, 2.24) is 0 Å². The topological polar surface area (TPSA) is 0 Å².